The molecular formula is C11H20N2O2. The predicted molar refractivity (Wildman–Crippen MR) is 57.6 cm³/mol. The molecule has 4 heteroatoms. The van der Waals surface area contributed by atoms with Crippen LogP contribution in [0.25, 0.3) is 0 Å². The summed E-state index contributed by atoms with van der Waals surface area (Å²) in [6.07, 6.45) is 2.10. The van der Waals surface area contributed by atoms with Gasteiger partial charge in [0.15, 0.2) is 0 Å². The van der Waals surface area contributed by atoms with Gasteiger partial charge < -0.3 is 15.0 Å². The Morgan fingerprint density at radius 1 is 1.53 bits per heavy atom. The number of methoxy groups -OCH3 is 1. The van der Waals surface area contributed by atoms with Gasteiger partial charge in [-0.1, -0.05) is 0 Å². The fourth-order valence-electron chi connectivity index (χ4n) is 2.28. The number of likely N-dealkylation sites (tertiary alicyclic amines) is 1. The highest BCUT2D eigenvalue weighted by Crippen LogP contribution is 2.25. The lowest BCUT2D eigenvalue weighted by Crippen LogP contribution is -2.57. The van der Waals surface area contributed by atoms with Crippen LogP contribution in [0, 0.1) is 5.92 Å². The van der Waals surface area contributed by atoms with Crippen LogP contribution < -0.4 is 5.32 Å². The van der Waals surface area contributed by atoms with Crippen molar-refractivity contribution in [3.05, 3.63) is 0 Å². The lowest BCUT2D eigenvalue weighted by molar-refractivity contribution is -0.145. The predicted octanol–water partition coefficient (Wildman–Crippen LogP) is 0.233. The number of nitrogens with zero attached hydrogens (tertiary/aromatic N) is 1. The summed E-state index contributed by atoms with van der Waals surface area (Å²) in [6.45, 7) is 5.43. The number of piperidine rings is 1. The Balaban J connectivity index is 1.94. The molecule has 0 saturated carbocycles. The summed E-state index contributed by atoms with van der Waals surface area (Å²) >= 11 is 0. The van der Waals surface area contributed by atoms with Gasteiger partial charge in [-0.25, -0.2) is 0 Å². The van der Waals surface area contributed by atoms with Crippen molar-refractivity contribution in [2.45, 2.75) is 25.4 Å². The van der Waals surface area contributed by atoms with E-state index in [1.165, 1.54) is 0 Å². The number of hydrogen-bond acceptors (Lipinski definition) is 3. The van der Waals surface area contributed by atoms with Crippen LogP contribution in [0.4, 0.5) is 0 Å². The zero-order valence-electron chi connectivity index (χ0n) is 9.58. The van der Waals surface area contributed by atoms with Gasteiger partial charge in [-0.15, -0.1) is 0 Å². The molecule has 15 heavy (non-hydrogen) atoms. The molecule has 2 heterocycles. The first-order valence-electron chi connectivity index (χ1n) is 5.69. The number of rotatable bonds is 2. The summed E-state index contributed by atoms with van der Waals surface area (Å²) in [5.41, 5.74) is -0.134. The van der Waals surface area contributed by atoms with E-state index in [2.05, 4.69) is 12.2 Å². The topological polar surface area (TPSA) is 41.6 Å². The largest absolute Gasteiger partial charge is 0.377 e. The Kier molecular flexibility index (Phi) is 2.98. The van der Waals surface area contributed by atoms with Crippen molar-refractivity contribution in [1.29, 1.82) is 0 Å². The van der Waals surface area contributed by atoms with Gasteiger partial charge in [0.2, 0.25) is 5.91 Å². The highest BCUT2D eigenvalue weighted by molar-refractivity contribution is 5.80. The third-order valence-electron chi connectivity index (χ3n) is 3.59. The second-order valence-corrected chi connectivity index (χ2v) is 4.87. The third kappa shape index (κ3) is 2.16. The summed E-state index contributed by atoms with van der Waals surface area (Å²) in [4.78, 5) is 14.0. The van der Waals surface area contributed by atoms with Gasteiger partial charge in [0.25, 0.3) is 0 Å². The lowest BCUT2D eigenvalue weighted by atomic mass is 9.92. The van der Waals surface area contributed by atoms with E-state index in [0.717, 1.165) is 39.0 Å². The molecule has 2 aliphatic rings. The van der Waals surface area contributed by atoms with Gasteiger partial charge in [-0.2, -0.15) is 0 Å². The van der Waals surface area contributed by atoms with Crippen LogP contribution in [0.1, 0.15) is 19.8 Å². The number of amides is 1. The molecule has 2 rings (SSSR count). The van der Waals surface area contributed by atoms with Gasteiger partial charge in [0.05, 0.1) is 11.5 Å². The third-order valence-corrected chi connectivity index (χ3v) is 3.59. The molecule has 86 valence electrons. The molecule has 1 N–H and O–H groups in total. The van der Waals surface area contributed by atoms with Crippen LogP contribution in [-0.4, -0.2) is 49.7 Å². The standard InChI is InChI=1S/C11H20N2O2/c1-11(15-2)4-3-5-13(8-11)10(14)9-6-12-7-9/h9,12H,3-8H2,1-2H3. The first kappa shape index (κ1) is 10.9. The van der Waals surface area contributed by atoms with Crippen LogP contribution >= 0.6 is 0 Å². The Labute approximate surface area is 91.0 Å². The SMILES string of the molecule is COC1(C)CCCN(C(=O)C2CNC2)C1. The normalized spacial score (nSPS) is 32.5. The van der Waals surface area contributed by atoms with Crippen molar-refractivity contribution in [2.24, 2.45) is 5.92 Å². The summed E-state index contributed by atoms with van der Waals surface area (Å²) < 4.78 is 5.48. The zero-order chi connectivity index (χ0) is 10.9. The second kappa shape index (κ2) is 4.10. The minimum Gasteiger partial charge on any atom is -0.377 e. The number of carbonyl (C=O) groups excluding carboxylic acids is 1. The molecule has 1 amide bonds. The van der Waals surface area contributed by atoms with Crippen LogP contribution in [0.2, 0.25) is 0 Å². The lowest BCUT2D eigenvalue weighted by Gasteiger charge is -2.42. The van der Waals surface area contributed by atoms with E-state index in [9.17, 15) is 4.79 Å². The molecule has 0 aromatic rings. The molecule has 4 nitrogen and oxygen atoms in total. The number of carbonyl (C=O) groups is 1. The smallest absolute Gasteiger partial charge is 0.228 e. The van der Waals surface area contributed by atoms with Crippen LogP contribution in [0.15, 0.2) is 0 Å². The van der Waals surface area contributed by atoms with Gasteiger partial charge in [0, 0.05) is 33.3 Å². The van der Waals surface area contributed by atoms with Gasteiger partial charge in [0.1, 0.15) is 0 Å². The molecule has 2 aliphatic heterocycles. The van der Waals surface area contributed by atoms with E-state index >= 15 is 0 Å². The van der Waals surface area contributed by atoms with Crippen molar-refractivity contribution in [2.75, 3.05) is 33.3 Å². The van der Waals surface area contributed by atoms with E-state index < -0.39 is 0 Å². The molecule has 0 radical (unpaired) electrons. The average Bonchev–Trinajstić information content (AvgIpc) is 2.15. The van der Waals surface area contributed by atoms with Crippen molar-refractivity contribution in [3.8, 4) is 0 Å². The van der Waals surface area contributed by atoms with Gasteiger partial charge in [-0.3, -0.25) is 4.79 Å². The maximum Gasteiger partial charge on any atom is 0.228 e. The molecule has 0 aromatic carbocycles. The van der Waals surface area contributed by atoms with E-state index in [0.29, 0.717) is 5.91 Å². The molecule has 2 fully saturated rings. The van der Waals surface area contributed by atoms with Crippen LogP contribution in [0.5, 0.6) is 0 Å². The highest BCUT2D eigenvalue weighted by Gasteiger charge is 2.36. The fourth-order valence-corrected chi connectivity index (χ4v) is 2.28. The molecule has 0 aliphatic carbocycles. The number of ether oxygens (including phenoxy) is 1. The molecular weight excluding hydrogens is 192 g/mol. The summed E-state index contributed by atoms with van der Waals surface area (Å²) in [7, 11) is 1.73. The maximum absolute atomic E-state index is 12.0. The molecule has 0 spiro atoms. The fraction of sp³-hybridized carbons (Fsp3) is 0.909. The quantitative estimate of drug-likeness (QED) is 0.712. The summed E-state index contributed by atoms with van der Waals surface area (Å²) in [5.74, 6) is 0.515. The Morgan fingerprint density at radius 3 is 2.80 bits per heavy atom. The monoisotopic (exact) mass is 212 g/mol. The molecule has 1 atom stereocenters. The van der Waals surface area contributed by atoms with Crippen molar-refractivity contribution in [1.82, 2.24) is 10.2 Å². The average molecular weight is 212 g/mol. The van der Waals surface area contributed by atoms with Crippen molar-refractivity contribution >= 4 is 5.91 Å². The Hall–Kier alpha value is -0.610. The van der Waals surface area contributed by atoms with E-state index in [1.54, 1.807) is 7.11 Å². The maximum atomic E-state index is 12.0. The number of nitrogens with one attached hydrogen (secondary N) is 1. The van der Waals surface area contributed by atoms with Crippen LogP contribution in [0.3, 0.4) is 0 Å². The summed E-state index contributed by atoms with van der Waals surface area (Å²) in [5, 5.41) is 3.14. The molecule has 2 saturated heterocycles. The second-order valence-electron chi connectivity index (χ2n) is 4.87. The minimum atomic E-state index is -0.134. The summed E-state index contributed by atoms with van der Waals surface area (Å²) in [6, 6.07) is 0. The first-order valence-corrected chi connectivity index (χ1v) is 5.69. The number of hydrogen-bond donors (Lipinski definition) is 1. The highest BCUT2D eigenvalue weighted by atomic mass is 16.5. The minimum absolute atomic E-state index is 0.134. The van der Waals surface area contributed by atoms with Crippen molar-refractivity contribution < 1.29 is 9.53 Å². The first-order chi connectivity index (χ1) is 7.14. The van der Waals surface area contributed by atoms with E-state index in [1.807, 2.05) is 4.90 Å². The molecule has 0 aromatic heterocycles. The van der Waals surface area contributed by atoms with E-state index in [4.69, 9.17) is 4.74 Å². The Morgan fingerprint density at radius 2 is 2.27 bits per heavy atom. The van der Waals surface area contributed by atoms with Gasteiger partial charge in [-0.05, 0) is 19.8 Å². The zero-order valence-corrected chi connectivity index (χ0v) is 9.58. The Bertz CT molecular complexity index is 253. The molecule has 1 unspecified atom stereocenters. The van der Waals surface area contributed by atoms with Gasteiger partial charge >= 0.3 is 0 Å². The van der Waals surface area contributed by atoms with E-state index in [-0.39, 0.29) is 11.5 Å². The molecule has 0 bridgehead atoms. The van der Waals surface area contributed by atoms with Crippen molar-refractivity contribution in [3.63, 3.8) is 0 Å². The van der Waals surface area contributed by atoms with Crippen LogP contribution in [-0.2, 0) is 9.53 Å².